The lowest BCUT2D eigenvalue weighted by atomic mass is 10.1. The number of rotatable bonds is 8. The van der Waals surface area contributed by atoms with Crippen LogP contribution in [0.3, 0.4) is 0 Å². The maximum atomic E-state index is 12.4. The van der Waals surface area contributed by atoms with E-state index in [2.05, 4.69) is 15.4 Å². The van der Waals surface area contributed by atoms with Gasteiger partial charge in [0.05, 0.1) is 17.9 Å². The Morgan fingerprint density at radius 3 is 2.03 bits per heavy atom. The first-order valence-electron chi connectivity index (χ1n) is 9.62. The predicted octanol–water partition coefficient (Wildman–Crippen LogP) is 3.09. The summed E-state index contributed by atoms with van der Waals surface area (Å²) >= 11 is 0. The van der Waals surface area contributed by atoms with Crippen LogP contribution in [0, 0.1) is 6.92 Å². The summed E-state index contributed by atoms with van der Waals surface area (Å²) in [7, 11) is -3.69. The molecule has 3 rings (SSSR count). The summed E-state index contributed by atoms with van der Waals surface area (Å²) in [6, 6.07) is 22.0. The van der Waals surface area contributed by atoms with Crippen molar-refractivity contribution in [2.75, 3.05) is 16.6 Å². The van der Waals surface area contributed by atoms with Crippen LogP contribution in [-0.2, 0) is 26.0 Å². The Balaban J connectivity index is 1.50. The molecule has 0 aromatic heterocycles. The molecular weight excluding hydrogens is 414 g/mol. The second-order valence-electron chi connectivity index (χ2n) is 6.98. The zero-order chi connectivity index (χ0) is 22.3. The van der Waals surface area contributed by atoms with Gasteiger partial charge in [-0.25, -0.2) is 8.42 Å². The number of carbonyl (C=O) groups excluding carboxylic acids is 2. The number of aryl methyl sites for hydroxylation is 1. The zero-order valence-corrected chi connectivity index (χ0v) is 17.8. The van der Waals surface area contributed by atoms with Crippen molar-refractivity contribution >= 4 is 33.2 Å². The Morgan fingerprint density at radius 2 is 1.39 bits per heavy atom. The summed E-state index contributed by atoms with van der Waals surface area (Å²) in [5, 5.41) is 5.23. The van der Waals surface area contributed by atoms with Crippen molar-refractivity contribution in [3.8, 4) is 0 Å². The first-order valence-corrected chi connectivity index (χ1v) is 11.1. The Bertz CT molecular complexity index is 1140. The summed E-state index contributed by atoms with van der Waals surface area (Å²) in [5.74, 6) is -0.628. The predicted molar refractivity (Wildman–Crippen MR) is 120 cm³/mol. The van der Waals surface area contributed by atoms with Crippen LogP contribution in [0.5, 0.6) is 0 Å². The molecule has 0 radical (unpaired) electrons. The van der Waals surface area contributed by atoms with Crippen molar-refractivity contribution in [2.24, 2.45) is 0 Å². The van der Waals surface area contributed by atoms with E-state index in [1.807, 2.05) is 37.3 Å². The topological polar surface area (TPSA) is 104 Å². The van der Waals surface area contributed by atoms with Gasteiger partial charge in [0.1, 0.15) is 0 Å². The molecule has 0 fully saturated rings. The highest BCUT2D eigenvalue weighted by molar-refractivity contribution is 7.92. The third-order valence-corrected chi connectivity index (χ3v) is 5.80. The van der Waals surface area contributed by atoms with E-state index >= 15 is 0 Å². The summed E-state index contributed by atoms with van der Waals surface area (Å²) in [6.45, 7) is 1.72. The van der Waals surface area contributed by atoms with E-state index in [0.717, 1.165) is 11.1 Å². The fourth-order valence-electron chi connectivity index (χ4n) is 2.78. The molecular formula is C23H23N3O4S. The van der Waals surface area contributed by atoms with Crippen molar-refractivity contribution in [1.29, 1.82) is 0 Å². The number of hydrogen-bond donors (Lipinski definition) is 3. The molecule has 3 aromatic carbocycles. The Hall–Kier alpha value is -3.65. The molecule has 8 heteroatoms. The number of benzene rings is 3. The average Bonchev–Trinajstić information content (AvgIpc) is 2.74. The molecule has 0 atom stereocenters. The first-order chi connectivity index (χ1) is 14.8. The molecule has 0 saturated heterocycles. The monoisotopic (exact) mass is 437 g/mol. The maximum absolute atomic E-state index is 12.4. The van der Waals surface area contributed by atoms with Crippen LogP contribution in [0.15, 0.2) is 83.8 Å². The van der Waals surface area contributed by atoms with E-state index in [0.29, 0.717) is 11.4 Å². The third-order valence-electron chi connectivity index (χ3n) is 4.41. The van der Waals surface area contributed by atoms with Crippen molar-refractivity contribution in [2.45, 2.75) is 18.2 Å². The van der Waals surface area contributed by atoms with E-state index in [9.17, 15) is 18.0 Å². The van der Waals surface area contributed by atoms with E-state index in [1.165, 1.54) is 0 Å². The highest BCUT2D eigenvalue weighted by Gasteiger charge is 2.14. The minimum Gasteiger partial charge on any atom is -0.347 e. The zero-order valence-electron chi connectivity index (χ0n) is 17.0. The standard InChI is InChI=1S/C23H23N3O4S/c1-17-7-13-21(14-8-17)31(29,30)26-20-11-9-19(10-12-20)25-23(28)16-24-22(27)15-18-5-3-2-4-6-18/h2-14,26H,15-16H2,1H3,(H,24,27)(H,25,28). The minimum atomic E-state index is -3.69. The van der Waals surface area contributed by atoms with Gasteiger partial charge < -0.3 is 10.6 Å². The molecule has 0 aliphatic carbocycles. The van der Waals surface area contributed by atoms with E-state index < -0.39 is 10.0 Å². The molecule has 0 aliphatic heterocycles. The molecule has 0 spiro atoms. The molecule has 0 heterocycles. The van der Waals surface area contributed by atoms with Gasteiger partial charge in [-0.15, -0.1) is 0 Å². The Labute approximate surface area is 181 Å². The van der Waals surface area contributed by atoms with Crippen LogP contribution in [0.4, 0.5) is 11.4 Å². The second kappa shape index (κ2) is 9.90. The number of hydrogen-bond acceptors (Lipinski definition) is 4. The van der Waals surface area contributed by atoms with E-state index in [-0.39, 0.29) is 29.7 Å². The largest absolute Gasteiger partial charge is 0.347 e. The third kappa shape index (κ3) is 6.68. The van der Waals surface area contributed by atoms with Gasteiger partial charge in [0.25, 0.3) is 10.0 Å². The summed E-state index contributed by atoms with van der Waals surface area (Å²) < 4.78 is 27.4. The van der Waals surface area contributed by atoms with E-state index in [1.54, 1.807) is 48.5 Å². The Morgan fingerprint density at radius 1 is 0.774 bits per heavy atom. The first kappa shape index (κ1) is 22.0. The lowest BCUT2D eigenvalue weighted by Crippen LogP contribution is -2.33. The van der Waals surface area contributed by atoms with Crippen LogP contribution in [0.1, 0.15) is 11.1 Å². The smallest absolute Gasteiger partial charge is 0.261 e. The van der Waals surface area contributed by atoms with Crippen LogP contribution in [0.2, 0.25) is 0 Å². The van der Waals surface area contributed by atoms with Gasteiger partial charge in [-0.1, -0.05) is 48.0 Å². The Kier molecular flexibility index (Phi) is 7.04. The van der Waals surface area contributed by atoms with Crippen LogP contribution in [0.25, 0.3) is 0 Å². The van der Waals surface area contributed by atoms with Crippen molar-refractivity contribution in [1.82, 2.24) is 5.32 Å². The van der Waals surface area contributed by atoms with Gasteiger partial charge in [-0.2, -0.15) is 0 Å². The van der Waals surface area contributed by atoms with E-state index in [4.69, 9.17) is 0 Å². The fraction of sp³-hybridized carbons (Fsp3) is 0.130. The molecule has 0 saturated carbocycles. The second-order valence-corrected chi connectivity index (χ2v) is 8.67. The lowest BCUT2D eigenvalue weighted by molar-refractivity contribution is -0.123. The molecule has 3 N–H and O–H groups in total. The number of amides is 2. The maximum Gasteiger partial charge on any atom is 0.261 e. The number of nitrogens with one attached hydrogen (secondary N) is 3. The van der Waals surface area contributed by atoms with Gasteiger partial charge >= 0.3 is 0 Å². The van der Waals surface area contributed by atoms with Crippen LogP contribution >= 0.6 is 0 Å². The summed E-state index contributed by atoms with van der Waals surface area (Å²) in [6.07, 6.45) is 0.198. The normalized spacial score (nSPS) is 10.9. The van der Waals surface area contributed by atoms with Gasteiger partial charge in [0.15, 0.2) is 0 Å². The quantitative estimate of drug-likeness (QED) is 0.504. The average molecular weight is 438 g/mol. The number of sulfonamides is 1. The molecule has 7 nitrogen and oxygen atoms in total. The van der Waals surface area contributed by atoms with Crippen LogP contribution < -0.4 is 15.4 Å². The molecule has 160 valence electrons. The minimum absolute atomic E-state index is 0.159. The molecule has 2 amide bonds. The van der Waals surface area contributed by atoms with Crippen LogP contribution in [-0.4, -0.2) is 26.8 Å². The number of carbonyl (C=O) groups is 2. The van der Waals surface area contributed by atoms with Gasteiger partial charge in [0.2, 0.25) is 11.8 Å². The van der Waals surface area contributed by atoms with Crippen molar-refractivity contribution in [3.05, 3.63) is 90.0 Å². The summed E-state index contributed by atoms with van der Waals surface area (Å²) in [5.41, 5.74) is 2.69. The summed E-state index contributed by atoms with van der Waals surface area (Å²) in [4.78, 5) is 24.2. The molecule has 31 heavy (non-hydrogen) atoms. The van der Waals surface area contributed by atoms with Crippen molar-refractivity contribution < 1.29 is 18.0 Å². The van der Waals surface area contributed by atoms with Gasteiger partial charge in [-0.3, -0.25) is 14.3 Å². The molecule has 3 aromatic rings. The van der Waals surface area contributed by atoms with Gasteiger partial charge in [0, 0.05) is 11.4 Å². The van der Waals surface area contributed by atoms with Gasteiger partial charge in [-0.05, 0) is 48.9 Å². The highest BCUT2D eigenvalue weighted by Crippen LogP contribution is 2.18. The van der Waals surface area contributed by atoms with Crippen molar-refractivity contribution in [3.63, 3.8) is 0 Å². The SMILES string of the molecule is Cc1ccc(S(=O)(=O)Nc2ccc(NC(=O)CNC(=O)Cc3ccccc3)cc2)cc1. The molecule has 0 aliphatic rings. The number of anilines is 2. The lowest BCUT2D eigenvalue weighted by Gasteiger charge is -2.10. The molecule has 0 bridgehead atoms. The fourth-order valence-corrected chi connectivity index (χ4v) is 3.84. The highest BCUT2D eigenvalue weighted by atomic mass is 32.2. The molecule has 0 unspecified atom stereocenters.